The van der Waals surface area contributed by atoms with Gasteiger partial charge in [0.25, 0.3) is 0 Å². The van der Waals surface area contributed by atoms with Gasteiger partial charge in [-0.15, -0.1) is 0 Å². The van der Waals surface area contributed by atoms with Crippen LogP contribution in [0.3, 0.4) is 0 Å². The average molecular weight is 221 g/mol. The predicted octanol–water partition coefficient (Wildman–Crippen LogP) is 2.04. The van der Waals surface area contributed by atoms with Crippen LogP contribution in [0.2, 0.25) is 0 Å². The number of methoxy groups -OCH3 is 1. The second-order valence-corrected chi connectivity index (χ2v) is 4.38. The van der Waals surface area contributed by atoms with Crippen LogP contribution in [0.1, 0.15) is 23.6 Å². The maximum atomic E-state index is 6.24. The zero-order valence-electron chi connectivity index (χ0n) is 9.90. The molecular formula is C13H19NO2. The third kappa shape index (κ3) is 2.20. The zero-order valence-corrected chi connectivity index (χ0v) is 9.90. The fraction of sp³-hybridized carbons (Fsp3) is 0.538. The van der Waals surface area contributed by atoms with E-state index in [1.165, 1.54) is 5.56 Å². The highest BCUT2D eigenvalue weighted by Crippen LogP contribution is 2.29. The minimum absolute atomic E-state index is 0.0760. The number of hydrogen-bond acceptors (Lipinski definition) is 3. The van der Waals surface area contributed by atoms with Crippen molar-refractivity contribution in [1.82, 2.24) is 0 Å². The highest BCUT2D eigenvalue weighted by molar-refractivity contribution is 5.37. The first-order chi connectivity index (χ1) is 7.72. The largest absolute Gasteiger partial charge is 0.496 e. The van der Waals surface area contributed by atoms with Crippen molar-refractivity contribution in [3.63, 3.8) is 0 Å². The summed E-state index contributed by atoms with van der Waals surface area (Å²) in [6.07, 6.45) is 1.06. The third-order valence-electron chi connectivity index (χ3n) is 3.28. The summed E-state index contributed by atoms with van der Waals surface area (Å²) in [5.41, 5.74) is 8.55. The van der Waals surface area contributed by atoms with Gasteiger partial charge in [-0.25, -0.2) is 0 Å². The fourth-order valence-corrected chi connectivity index (χ4v) is 2.22. The molecule has 0 aromatic heterocycles. The van der Waals surface area contributed by atoms with Gasteiger partial charge in [0.05, 0.1) is 13.7 Å². The fourth-order valence-electron chi connectivity index (χ4n) is 2.22. The summed E-state index contributed by atoms with van der Waals surface area (Å²) in [7, 11) is 1.69. The molecule has 0 radical (unpaired) electrons. The van der Waals surface area contributed by atoms with Crippen molar-refractivity contribution in [2.45, 2.75) is 19.4 Å². The van der Waals surface area contributed by atoms with Crippen molar-refractivity contribution < 1.29 is 9.47 Å². The molecule has 0 saturated carbocycles. The van der Waals surface area contributed by atoms with E-state index in [-0.39, 0.29) is 6.04 Å². The van der Waals surface area contributed by atoms with Gasteiger partial charge in [-0.2, -0.15) is 0 Å². The predicted molar refractivity (Wildman–Crippen MR) is 63.6 cm³/mol. The first-order valence-corrected chi connectivity index (χ1v) is 5.70. The van der Waals surface area contributed by atoms with Crippen LogP contribution in [0, 0.1) is 12.8 Å². The van der Waals surface area contributed by atoms with Gasteiger partial charge in [-0.3, -0.25) is 0 Å². The van der Waals surface area contributed by atoms with Gasteiger partial charge in [-0.05, 0) is 30.5 Å². The summed E-state index contributed by atoms with van der Waals surface area (Å²) in [5, 5.41) is 0. The topological polar surface area (TPSA) is 44.5 Å². The van der Waals surface area contributed by atoms with Crippen molar-refractivity contribution in [3.05, 3.63) is 29.3 Å². The van der Waals surface area contributed by atoms with Crippen molar-refractivity contribution in [1.29, 1.82) is 0 Å². The van der Waals surface area contributed by atoms with E-state index in [1.807, 2.05) is 13.0 Å². The van der Waals surface area contributed by atoms with Gasteiger partial charge >= 0.3 is 0 Å². The molecule has 0 spiro atoms. The van der Waals surface area contributed by atoms with Gasteiger partial charge in [0, 0.05) is 18.6 Å². The number of ether oxygens (including phenoxy) is 2. The maximum Gasteiger partial charge on any atom is 0.121 e. The lowest BCUT2D eigenvalue weighted by Gasteiger charge is -2.19. The highest BCUT2D eigenvalue weighted by atomic mass is 16.5. The zero-order chi connectivity index (χ0) is 11.5. The number of benzene rings is 1. The van der Waals surface area contributed by atoms with Crippen molar-refractivity contribution in [2.75, 3.05) is 20.3 Å². The molecule has 2 N–H and O–H groups in total. The molecule has 88 valence electrons. The number of nitrogens with two attached hydrogens (primary N) is 1. The quantitative estimate of drug-likeness (QED) is 0.849. The lowest BCUT2D eigenvalue weighted by Crippen LogP contribution is -2.21. The summed E-state index contributed by atoms with van der Waals surface area (Å²) < 4.78 is 10.6. The molecule has 1 aliphatic heterocycles. The molecule has 16 heavy (non-hydrogen) atoms. The summed E-state index contributed by atoms with van der Waals surface area (Å²) >= 11 is 0. The van der Waals surface area contributed by atoms with Gasteiger partial charge in [0.1, 0.15) is 5.75 Å². The SMILES string of the molecule is COc1ccc(C(N)C2CCOC2)cc1C. The molecule has 3 nitrogen and oxygen atoms in total. The van der Waals surface area contributed by atoms with Gasteiger partial charge in [0.2, 0.25) is 0 Å². The van der Waals surface area contributed by atoms with E-state index in [0.29, 0.717) is 5.92 Å². The summed E-state index contributed by atoms with van der Waals surface area (Å²) in [5.74, 6) is 1.37. The molecule has 0 aliphatic carbocycles. The molecule has 2 atom stereocenters. The minimum Gasteiger partial charge on any atom is -0.496 e. The Morgan fingerprint density at radius 1 is 1.50 bits per heavy atom. The lowest BCUT2D eigenvalue weighted by molar-refractivity contribution is 0.181. The molecule has 1 aromatic rings. The molecular weight excluding hydrogens is 202 g/mol. The molecule has 1 saturated heterocycles. The van der Waals surface area contributed by atoms with Crippen LogP contribution in [0.4, 0.5) is 0 Å². The van der Waals surface area contributed by atoms with Crippen LogP contribution >= 0.6 is 0 Å². The molecule has 1 fully saturated rings. The van der Waals surface area contributed by atoms with E-state index in [9.17, 15) is 0 Å². The van der Waals surface area contributed by atoms with E-state index in [2.05, 4.69) is 12.1 Å². The second-order valence-electron chi connectivity index (χ2n) is 4.38. The maximum absolute atomic E-state index is 6.24. The van der Waals surface area contributed by atoms with E-state index >= 15 is 0 Å². The van der Waals surface area contributed by atoms with Crippen LogP contribution in [-0.2, 0) is 4.74 Å². The van der Waals surface area contributed by atoms with E-state index < -0.39 is 0 Å². The van der Waals surface area contributed by atoms with Crippen molar-refractivity contribution in [3.8, 4) is 5.75 Å². The smallest absolute Gasteiger partial charge is 0.121 e. The average Bonchev–Trinajstić information content (AvgIpc) is 2.81. The molecule has 0 amide bonds. The highest BCUT2D eigenvalue weighted by Gasteiger charge is 2.24. The van der Waals surface area contributed by atoms with Crippen LogP contribution in [0.25, 0.3) is 0 Å². The van der Waals surface area contributed by atoms with Gasteiger partial charge < -0.3 is 15.2 Å². The molecule has 3 heteroatoms. The van der Waals surface area contributed by atoms with Crippen LogP contribution < -0.4 is 10.5 Å². The van der Waals surface area contributed by atoms with Gasteiger partial charge in [0.15, 0.2) is 0 Å². The number of hydrogen-bond donors (Lipinski definition) is 1. The summed E-state index contributed by atoms with van der Waals surface area (Å²) in [6.45, 7) is 3.67. The number of aryl methyl sites for hydroxylation is 1. The Bertz CT molecular complexity index is 359. The molecule has 1 aromatic carbocycles. The van der Waals surface area contributed by atoms with E-state index in [1.54, 1.807) is 7.11 Å². The molecule has 1 aliphatic rings. The lowest BCUT2D eigenvalue weighted by atomic mass is 9.92. The first-order valence-electron chi connectivity index (χ1n) is 5.70. The second kappa shape index (κ2) is 4.85. The van der Waals surface area contributed by atoms with E-state index in [4.69, 9.17) is 15.2 Å². The molecule has 1 heterocycles. The molecule has 2 rings (SSSR count). The van der Waals surface area contributed by atoms with Crippen molar-refractivity contribution >= 4 is 0 Å². The Morgan fingerprint density at radius 2 is 2.31 bits per heavy atom. The molecule has 0 bridgehead atoms. The Morgan fingerprint density at radius 3 is 2.88 bits per heavy atom. The standard InChI is InChI=1S/C13H19NO2/c1-9-7-10(3-4-12(9)15-2)13(14)11-5-6-16-8-11/h3-4,7,11,13H,5-6,8,14H2,1-2H3. The van der Waals surface area contributed by atoms with E-state index in [0.717, 1.165) is 30.9 Å². The summed E-state index contributed by atoms with van der Waals surface area (Å²) in [6, 6.07) is 6.23. The van der Waals surface area contributed by atoms with Crippen LogP contribution in [0.5, 0.6) is 5.75 Å². The first kappa shape index (κ1) is 11.4. The minimum atomic E-state index is 0.0760. The third-order valence-corrected chi connectivity index (χ3v) is 3.28. The monoisotopic (exact) mass is 221 g/mol. The molecule has 2 unspecified atom stereocenters. The van der Waals surface area contributed by atoms with Crippen molar-refractivity contribution in [2.24, 2.45) is 11.7 Å². The summed E-state index contributed by atoms with van der Waals surface area (Å²) in [4.78, 5) is 0. The number of rotatable bonds is 3. The van der Waals surface area contributed by atoms with Crippen LogP contribution in [0.15, 0.2) is 18.2 Å². The Kier molecular flexibility index (Phi) is 3.46. The normalized spacial score (nSPS) is 22.1. The Labute approximate surface area is 96.5 Å². The Hall–Kier alpha value is -1.06. The van der Waals surface area contributed by atoms with Gasteiger partial charge in [-0.1, -0.05) is 12.1 Å². The van der Waals surface area contributed by atoms with Crippen LogP contribution in [-0.4, -0.2) is 20.3 Å². The Balaban J connectivity index is 2.16.